The van der Waals surface area contributed by atoms with Gasteiger partial charge < -0.3 is 14.4 Å². The fourth-order valence-corrected chi connectivity index (χ4v) is 4.02. The number of halogens is 1. The van der Waals surface area contributed by atoms with Crippen LogP contribution in [0.2, 0.25) is 5.02 Å². The Morgan fingerprint density at radius 3 is 2.67 bits per heavy atom. The monoisotopic (exact) mass is 386 g/mol. The molecule has 2 heterocycles. The second kappa shape index (κ2) is 8.96. The lowest BCUT2D eigenvalue weighted by Crippen LogP contribution is -2.47. The maximum Gasteiger partial charge on any atom is 0.121 e. The van der Waals surface area contributed by atoms with E-state index in [4.69, 9.17) is 21.1 Å². The molecule has 0 aromatic heterocycles. The summed E-state index contributed by atoms with van der Waals surface area (Å²) in [5.74, 6) is 1.61. The molecule has 2 saturated heterocycles. The van der Waals surface area contributed by atoms with Crippen LogP contribution in [-0.2, 0) is 11.3 Å². The van der Waals surface area contributed by atoms with E-state index in [1.165, 1.54) is 18.7 Å². The molecule has 27 heavy (non-hydrogen) atoms. The van der Waals surface area contributed by atoms with Crippen LogP contribution >= 0.6 is 11.6 Å². The van der Waals surface area contributed by atoms with Gasteiger partial charge in [0.1, 0.15) is 12.4 Å². The Bertz CT molecular complexity index is 741. The fourth-order valence-electron chi connectivity index (χ4n) is 3.83. The standard InChI is InChI=1S/C22H27ClN2O2/c23-22-7-2-1-4-19(22)17-27-21-6-3-5-20(14-21)25-11-9-24(10-12-25)15-18-8-13-26-16-18/h1-7,14,18H,8-13,15-17H2/t18-/m1/s1. The summed E-state index contributed by atoms with van der Waals surface area (Å²) in [6.45, 7) is 7.87. The van der Waals surface area contributed by atoms with E-state index in [-0.39, 0.29) is 0 Å². The van der Waals surface area contributed by atoms with Crippen molar-refractivity contribution in [3.8, 4) is 5.75 Å². The quantitative estimate of drug-likeness (QED) is 0.746. The third-order valence-electron chi connectivity index (χ3n) is 5.45. The molecule has 2 aliphatic heterocycles. The molecule has 4 nitrogen and oxygen atoms in total. The number of nitrogens with zero attached hydrogens (tertiary/aromatic N) is 2. The molecular weight excluding hydrogens is 360 g/mol. The number of benzene rings is 2. The minimum Gasteiger partial charge on any atom is -0.489 e. The first-order valence-corrected chi connectivity index (χ1v) is 10.2. The summed E-state index contributed by atoms with van der Waals surface area (Å²) in [7, 11) is 0. The molecule has 0 amide bonds. The maximum absolute atomic E-state index is 6.22. The van der Waals surface area contributed by atoms with E-state index in [0.29, 0.717) is 6.61 Å². The molecule has 2 fully saturated rings. The molecule has 2 aromatic carbocycles. The van der Waals surface area contributed by atoms with Crippen molar-refractivity contribution in [3.05, 3.63) is 59.1 Å². The summed E-state index contributed by atoms with van der Waals surface area (Å²) in [4.78, 5) is 5.03. The van der Waals surface area contributed by atoms with E-state index in [1.807, 2.05) is 30.3 Å². The Hall–Kier alpha value is -1.75. The van der Waals surface area contributed by atoms with Crippen LogP contribution < -0.4 is 9.64 Å². The van der Waals surface area contributed by atoms with Gasteiger partial charge in [0.05, 0.1) is 6.61 Å². The summed E-state index contributed by atoms with van der Waals surface area (Å²) in [5.41, 5.74) is 2.24. The maximum atomic E-state index is 6.22. The van der Waals surface area contributed by atoms with Gasteiger partial charge in [0.2, 0.25) is 0 Å². The van der Waals surface area contributed by atoms with Gasteiger partial charge in [-0.2, -0.15) is 0 Å². The largest absolute Gasteiger partial charge is 0.489 e. The molecule has 0 radical (unpaired) electrons. The topological polar surface area (TPSA) is 24.9 Å². The van der Waals surface area contributed by atoms with Gasteiger partial charge in [-0.3, -0.25) is 4.90 Å². The van der Waals surface area contributed by atoms with Crippen molar-refractivity contribution < 1.29 is 9.47 Å². The van der Waals surface area contributed by atoms with Crippen LogP contribution in [0.15, 0.2) is 48.5 Å². The summed E-state index contributed by atoms with van der Waals surface area (Å²) in [5, 5.41) is 0.748. The summed E-state index contributed by atoms with van der Waals surface area (Å²) < 4.78 is 11.5. The lowest BCUT2D eigenvalue weighted by atomic mass is 10.1. The van der Waals surface area contributed by atoms with Crippen molar-refractivity contribution in [2.45, 2.75) is 13.0 Å². The molecule has 0 bridgehead atoms. The number of rotatable bonds is 6. The molecule has 2 aromatic rings. The van der Waals surface area contributed by atoms with Gasteiger partial charge >= 0.3 is 0 Å². The molecule has 144 valence electrons. The molecule has 5 heteroatoms. The van der Waals surface area contributed by atoms with Crippen molar-refractivity contribution in [1.82, 2.24) is 4.90 Å². The lowest BCUT2D eigenvalue weighted by Gasteiger charge is -2.37. The predicted octanol–water partition coefficient (Wildman–Crippen LogP) is 4.08. The first kappa shape index (κ1) is 18.6. The Labute approximate surface area is 166 Å². The van der Waals surface area contributed by atoms with Gasteiger partial charge in [-0.25, -0.2) is 0 Å². The van der Waals surface area contributed by atoms with Crippen LogP contribution in [0.4, 0.5) is 5.69 Å². The van der Waals surface area contributed by atoms with Crippen LogP contribution in [0.1, 0.15) is 12.0 Å². The van der Waals surface area contributed by atoms with Crippen molar-refractivity contribution in [2.24, 2.45) is 5.92 Å². The number of anilines is 1. The highest BCUT2D eigenvalue weighted by molar-refractivity contribution is 6.31. The Morgan fingerprint density at radius 1 is 1.04 bits per heavy atom. The SMILES string of the molecule is Clc1ccccc1COc1cccc(N2CCN(C[C@H]3CCOC3)CC2)c1. The number of hydrogen-bond acceptors (Lipinski definition) is 4. The van der Waals surface area contributed by atoms with Crippen molar-refractivity contribution in [2.75, 3.05) is 50.8 Å². The number of piperazine rings is 1. The predicted molar refractivity (Wildman–Crippen MR) is 110 cm³/mol. The van der Waals surface area contributed by atoms with E-state index < -0.39 is 0 Å². The molecule has 0 saturated carbocycles. The first-order valence-electron chi connectivity index (χ1n) is 9.79. The highest BCUT2D eigenvalue weighted by atomic mass is 35.5. The molecule has 0 aliphatic carbocycles. The Morgan fingerprint density at radius 2 is 1.89 bits per heavy atom. The fraction of sp³-hybridized carbons (Fsp3) is 0.455. The Balaban J connectivity index is 1.31. The molecule has 0 N–H and O–H groups in total. The number of hydrogen-bond donors (Lipinski definition) is 0. The molecule has 0 unspecified atom stereocenters. The summed E-state index contributed by atoms with van der Waals surface area (Å²) in [6.07, 6.45) is 1.21. The van der Waals surface area contributed by atoms with Crippen LogP contribution in [0.3, 0.4) is 0 Å². The van der Waals surface area contributed by atoms with E-state index in [0.717, 1.165) is 61.6 Å². The van der Waals surface area contributed by atoms with E-state index in [1.54, 1.807) is 0 Å². The summed E-state index contributed by atoms with van der Waals surface area (Å²) in [6, 6.07) is 16.2. The molecule has 4 rings (SSSR count). The Kier molecular flexibility index (Phi) is 6.17. The van der Waals surface area contributed by atoms with Gasteiger partial charge in [-0.05, 0) is 30.5 Å². The van der Waals surface area contributed by atoms with Crippen LogP contribution in [0.25, 0.3) is 0 Å². The van der Waals surface area contributed by atoms with Crippen LogP contribution in [0.5, 0.6) is 5.75 Å². The molecular formula is C22H27ClN2O2. The van der Waals surface area contributed by atoms with Crippen molar-refractivity contribution >= 4 is 17.3 Å². The normalized spacial score (nSPS) is 20.8. The first-order chi connectivity index (χ1) is 13.3. The molecule has 1 atom stereocenters. The van der Waals surface area contributed by atoms with Crippen molar-refractivity contribution in [1.29, 1.82) is 0 Å². The third-order valence-corrected chi connectivity index (χ3v) is 5.82. The number of ether oxygens (including phenoxy) is 2. The van der Waals surface area contributed by atoms with E-state index >= 15 is 0 Å². The van der Waals surface area contributed by atoms with Gasteiger partial charge in [-0.15, -0.1) is 0 Å². The van der Waals surface area contributed by atoms with E-state index in [2.05, 4.69) is 28.0 Å². The zero-order chi connectivity index (χ0) is 18.5. The molecule has 2 aliphatic rings. The highest BCUT2D eigenvalue weighted by Gasteiger charge is 2.23. The second-order valence-corrected chi connectivity index (χ2v) is 7.80. The van der Waals surface area contributed by atoms with Crippen LogP contribution in [0, 0.1) is 5.92 Å². The second-order valence-electron chi connectivity index (χ2n) is 7.39. The lowest BCUT2D eigenvalue weighted by molar-refractivity contribution is 0.164. The molecule has 0 spiro atoms. The third kappa shape index (κ3) is 4.95. The van der Waals surface area contributed by atoms with Crippen molar-refractivity contribution in [3.63, 3.8) is 0 Å². The van der Waals surface area contributed by atoms with Gasteiger partial charge in [0.25, 0.3) is 0 Å². The van der Waals surface area contributed by atoms with Crippen LogP contribution in [-0.4, -0.2) is 50.8 Å². The zero-order valence-electron chi connectivity index (χ0n) is 15.6. The smallest absolute Gasteiger partial charge is 0.121 e. The highest BCUT2D eigenvalue weighted by Crippen LogP contribution is 2.25. The minimum atomic E-state index is 0.486. The minimum absolute atomic E-state index is 0.486. The van der Waals surface area contributed by atoms with E-state index in [9.17, 15) is 0 Å². The van der Waals surface area contributed by atoms with Gasteiger partial charge in [-0.1, -0.05) is 35.9 Å². The average Bonchev–Trinajstić information content (AvgIpc) is 3.21. The van der Waals surface area contributed by atoms with Gasteiger partial charge in [0, 0.05) is 61.7 Å². The summed E-state index contributed by atoms with van der Waals surface area (Å²) >= 11 is 6.22. The van der Waals surface area contributed by atoms with Gasteiger partial charge in [0.15, 0.2) is 0 Å². The average molecular weight is 387 g/mol. The zero-order valence-corrected chi connectivity index (χ0v) is 16.4.